The predicted octanol–water partition coefficient (Wildman–Crippen LogP) is 6.31. The summed E-state index contributed by atoms with van der Waals surface area (Å²) < 4.78 is 38.0. The van der Waals surface area contributed by atoms with Crippen LogP contribution in [0, 0.1) is 33.5 Å². The van der Waals surface area contributed by atoms with Crippen LogP contribution in [0.3, 0.4) is 0 Å². The highest BCUT2D eigenvalue weighted by Gasteiger charge is 2.32. The molecule has 0 radical (unpaired) electrons. The van der Waals surface area contributed by atoms with Crippen molar-refractivity contribution in [1.29, 1.82) is 0 Å². The number of halogens is 3. The average Bonchev–Trinajstić information content (AvgIpc) is 3.45. The van der Waals surface area contributed by atoms with Gasteiger partial charge < -0.3 is 16.4 Å². The van der Waals surface area contributed by atoms with Gasteiger partial charge in [-0.2, -0.15) is 0 Å². The summed E-state index contributed by atoms with van der Waals surface area (Å²) in [6.45, 7) is 4.72. The molecule has 4 aromatic rings. The van der Waals surface area contributed by atoms with Gasteiger partial charge >= 0.3 is 5.69 Å². The van der Waals surface area contributed by atoms with E-state index in [-0.39, 0.29) is 34.4 Å². The Morgan fingerprint density at radius 3 is 2.30 bits per heavy atom. The molecule has 0 unspecified atom stereocenters. The number of aldehydes is 1. The van der Waals surface area contributed by atoms with Crippen LogP contribution in [0.5, 0.6) is 0 Å². The molecule has 0 aliphatic carbocycles. The molecule has 0 saturated carbocycles. The van der Waals surface area contributed by atoms with Gasteiger partial charge in [-0.15, -0.1) is 11.3 Å². The zero-order valence-electron chi connectivity index (χ0n) is 24.3. The Morgan fingerprint density at radius 1 is 1.07 bits per heavy atom. The molecule has 0 spiro atoms. The first-order chi connectivity index (χ1) is 20.9. The molecule has 4 N–H and O–H groups in total. The summed E-state index contributed by atoms with van der Waals surface area (Å²) in [5.41, 5.74) is 7.26. The third-order valence-electron chi connectivity index (χ3n) is 6.25. The lowest BCUT2D eigenvalue weighted by Gasteiger charge is -2.16. The van der Waals surface area contributed by atoms with Gasteiger partial charge in [0, 0.05) is 18.0 Å². The standard InChI is InChI=1S/C23H23FN4O4S.C8H9F2N/c1-13(2)11-17-19(22(25)30)20(18-8-7-16(12-29)33-18)21(28(31)32)23(27-17)26-10-9-14-3-5-15(24)6-4-14;1-11-5-6-2-3-7(9)8(10)4-6/h3-8,12-13H,9-11H2,1-2H3,(H2,25,30)(H,26,27);2-4,11H,5H2,1H3. The van der Waals surface area contributed by atoms with Crippen molar-refractivity contribution < 1.29 is 27.7 Å². The second kappa shape index (κ2) is 15.7. The summed E-state index contributed by atoms with van der Waals surface area (Å²) >= 11 is 1.04. The van der Waals surface area contributed by atoms with Gasteiger partial charge in [0.05, 0.1) is 26.6 Å². The zero-order valence-corrected chi connectivity index (χ0v) is 25.1. The fourth-order valence-corrected chi connectivity index (χ4v) is 5.22. The van der Waals surface area contributed by atoms with Crippen LogP contribution in [-0.2, 0) is 19.4 Å². The Hall–Kier alpha value is -4.62. The van der Waals surface area contributed by atoms with Crippen LogP contribution in [0.25, 0.3) is 10.4 Å². The van der Waals surface area contributed by atoms with E-state index in [4.69, 9.17) is 5.73 Å². The summed E-state index contributed by atoms with van der Waals surface area (Å²) in [6, 6.07) is 12.9. The Kier molecular flexibility index (Phi) is 12.1. The lowest BCUT2D eigenvalue weighted by molar-refractivity contribution is -0.383. The molecule has 0 fully saturated rings. The predicted molar refractivity (Wildman–Crippen MR) is 164 cm³/mol. The lowest BCUT2D eigenvalue weighted by Crippen LogP contribution is -2.20. The Labute approximate surface area is 256 Å². The van der Waals surface area contributed by atoms with E-state index < -0.39 is 22.5 Å². The van der Waals surface area contributed by atoms with E-state index in [0.29, 0.717) is 47.7 Å². The first-order valence-corrected chi connectivity index (χ1v) is 14.4. The molecule has 1 amide bonds. The number of anilines is 1. The third kappa shape index (κ3) is 8.94. The SMILES string of the molecule is CC(C)Cc1nc(NCCc2ccc(F)cc2)c([N+](=O)[O-])c(-c2ccc(C=O)s2)c1C(N)=O.CNCc1ccc(F)c(F)c1. The number of amides is 1. The highest BCUT2D eigenvalue weighted by Crippen LogP contribution is 2.42. The van der Waals surface area contributed by atoms with Crippen molar-refractivity contribution >= 4 is 35.0 Å². The van der Waals surface area contributed by atoms with E-state index in [1.165, 1.54) is 24.3 Å². The van der Waals surface area contributed by atoms with Crippen LogP contribution >= 0.6 is 11.3 Å². The van der Waals surface area contributed by atoms with Crippen LogP contribution in [0.15, 0.2) is 54.6 Å². The number of hydrogen-bond acceptors (Lipinski definition) is 8. The van der Waals surface area contributed by atoms with Crippen molar-refractivity contribution in [3.05, 3.63) is 109 Å². The number of pyridine rings is 1. The number of nitrogens with two attached hydrogens (primary N) is 1. The Morgan fingerprint density at radius 2 is 1.75 bits per heavy atom. The van der Waals surface area contributed by atoms with E-state index >= 15 is 0 Å². The number of hydrogen-bond donors (Lipinski definition) is 3. The molecule has 44 heavy (non-hydrogen) atoms. The van der Waals surface area contributed by atoms with Crippen LogP contribution in [0.4, 0.5) is 24.7 Å². The summed E-state index contributed by atoms with van der Waals surface area (Å²) in [7, 11) is 1.75. The quantitative estimate of drug-likeness (QED) is 0.0951. The van der Waals surface area contributed by atoms with Crippen molar-refractivity contribution in [1.82, 2.24) is 10.3 Å². The van der Waals surface area contributed by atoms with E-state index in [1.54, 1.807) is 31.3 Å². The maximum absolute atomic E-state index is 13.1. The average molecular weight is 628 g/mol. The van der Waals surface area contributed by atoms with Crippen LogP contribution < -0.4 is 16.4 Å². The molecule has 2 aromatic carbocycles. The first kappa shape index (κ1) is 33.9. The maximum Gasteiger partial charge on any atom is 0.320 e. The summed E-state index contributed by atoms with van der Waals surface area (Å²) in [5.74, 6) is -2.65. The zero-order chi connectivity index (χ0) is 32.4. The van der Waals surface area contributed by atoms with Crippen LogP contribution in [-0.4, -0.2) is 35.7 Å². The number of carbonyl (C=O) groups is 2. The van der Waals surface area contributed by atoms with Gasteiger partial charge in [-0.1, -0.05) is 32.0 Å². The molecule has 0 aliphatic rings. The first-order valence-electron chi connectivity index (χ1n) is 13.6. The fourth-order valence-electron chi connectivity index (χ4n) is 4.35. The minimum absolute atomic E-state index is 0.0128. The maximum atomic E-state index is 13.1. The van der Waals surface area contributed by atoms with Crippen molar-refractivity contribution in [3.8, 4) is 10.4 Å². The van der Waals surface area contributed by atoms with E-state index in [2.05, 4.69) is 15.6 Å². The number of rotatable bonds is 12. The summed E-state index contributed by atoms with van der Waals surface area (Å²) in [6.07, 6.45) is 1.49. The normalized spacial score (nSPS) is 10.7. The van der Waals surface area contributed by atoms with Gasteiger partial charge in [0.1, 0.15) is 5.82 Å². The van der Waals surface area contributed by atoms with Crippen molar-refractivity contribution in [3.63, 3.8) is 0 Å². The van der Waals surface area contributed by atoms with Gasteiger partial charge in [-0.05, 0) is 73.3 Å². The summed E-state index contributed by atoms with van der Waals surface area (Å²) in [5, 5.41) is 18.0. The third-order valence-corrected chi connectivity index (χ3v) is 7.28. The number of carbonyl (C=O) groups excluding carboxylic acids is 2. The largest absolute Gasteiger partial charge is 0.366 e. The Bertz CT molecular complexity index is 1630. The second-order valence-electron chi connectivity index (χ2n) is 10.1. The van der Waals surface area contributed by atoms with E-state index in [1.807, 2.05) is 13.8 Å². The molecule has 9 nitrogen and oxygen atoms in total. The number of aromatic nitrogens is 1. The molecule has 4 rings (SSSR count). The van der Waals surface area contributed by atoms with Gasteiger partial charge in [0.15, 0.2) is 17.9 Å². The smallest absolute Gasteiger partial charge is 0.320 e. The number of nitrogens with zero attached hydrogens (tertiary/aromatic N) is 2. The minimum atomic E-state index is -0.824. The molecule has 232 valence electrons. The number of thiophene rings is 1. The topological polar surface area (TPSA) is 140 Å². The minimum Gasteiger partial charge on any atom is -0.366 e. The van der Waals surface area contributed by atoms with Crippen LogP contribution in [0.2, 0.25) is 0 Å². The van der Waals surface area contributed by atoms with Crippen molar-refractivity contribution in [2.24, 2.45) is 11.7 Å². The highest BCUT2D eigenvalue weighted by atomic mass is 32.1. The monoisotopic (exact) mass is 627 g/mol. The highest BCUT2D eigenvalue weighted by molar-refractivity contribution is 7.17. The number of benzene rings is 2. The molecule has 0 saturated heterocycles. The molecule has 0 bridgehead atoms. The summed E-state index contributed by atoms with van der Waals surface area (Å²) in [4.78, 5) is 40.3. The van der Waals surface area contributed by atoms with Gasteiger partial charge in [-0.3, -0.25) is 19.7 Å². The van der Waals surface area contributed by atoms with Gasteiger partial charge in [-0.25, -0.2) is 18.2 Å². The van der Waals surface area contributed by atoms with E-state index in [9.17, 15) is 32.9 Å². The fraction of sp³-hybridized carbons (Fsp3) is 0.258. The molecule has 0 aliphatic heterocycles. The molecular formula is C31H32F3N5O4S. The number of nitrogens with one attached hydrogen (secondary N) is 2. The van der Waals surface area contributed by atoms with Gasteiger partial charge in [0.25, 0.3) is 5.91 Å². The molecular weight excluding hydrogens is 595 g/mol. The van der Waals surface area contributed by atoms with Crippen LogP contribution in [0.1, 0.15) is 50.7 Å². The number of nitro groups is 1. The Balaban J connectivity index is 0.000000404. The molecule has 2 aromatic heterocycles. The molecule has 13 heteroatoms. The molecule has 0 atom stereocenters. The van der Waals surface area contributed by atoms with Crippen molar-refractivity contribution in [2.75, 3.05) is 18.9 Å². The van der Waals surface area contributed by atoms with Crippen molar-refractivity contribution in [2.45, 2.75) is 33.2 Å². The van der Waals surface area contributed by atoms with Gasteiger partial charge in [0.2, 0.25) is 5.82 Å². The number of primary amides is 1. The van der Waals surface area contributed by atoms with E-state index in [0.717, 1.165) is 28.5 Å². The lowest BCUT2D eigenvalue weighted by atomic mass is 9.96. The second-order valence-corrected chi connectivity index (χ2v) is 11.2. The molecule has 2 heterocycles.